The predicted octanol–water partition coefficient (Wildman–Crippen LogP) is 4.98. The lowest BCUT2D eigenvalue weighted by Crippen LogP contribution is -2.36. The standard InChI is InChI=1S/C28H26FN3O3/c29-21-8-11-23-24(16-21)31-28(35)26(23)27(20-4-1-3-18(15-20)7-12-25(33)34)30-22-9-5-19(6-10-22)17-32-13-2-14-32/h1,3-6,8-11,15-16,30H,2,7,12-14,17H2,(H,31,35)(H,33,34)/b27-26-. The summed E-state index contributed by atoms with van der Waals surface area (Å²) in [6.07, 6.45) is 1.64. The van der Waals surface area contributed by atoms with E-state index in [-0.39, 0.29) is 12.3 Å². The lowest BCUT2D eigenvalue weighted by atomic mass is 9.97. The molecule has 2 aliphatic heterocycles. The molecule has 0 aromatic heterocycles. The van der Waals surface area contributed by atoms with Crippen LogP contribution in [-0.4, -0.2) is 35.0 Å². The van der Waals surface area contributed by atoms with E-state index in [2.05, 4.69) is 27.7 Å². The number of halogens is 1. The van der Waals surface area contributed by atoms with Crippen LogP contribution < -0.4 is 10.6 Å². The number of benzene rings is 3. The number of amides is 1. The Morgan fingerprint density at radius 1 is 1.03 bits per heavy atom. The number of nitrogens with zero attached hydrogens (tertiary/aromatic N) is 1. The second-order valence-electron chi connectivity index (χ2n) is 8.94. The molecule has 5 rings (SSSR count). The van der Waals surface area contributed by atoms with Gasteiger partial charge in [0.1, 0.15) is 5.82 Å². The number of carbonyl (C=O) groups excluding carboxylic acids is 1. The molecule has 2 aliphatic rings. The molecule has 1 saturated heterocycles. The number of nitrogens with one attached hydrogen (secondary N) is 2. The van der Waals surface area contributed by atoms with Gasteiger partial charge in [0.25, 0.3) is 5.91 Å². The van der Waals surface area contributed by atoms with Crippen molar-refractivity contribution < 1.29 is 19.1 Å². The number of carbonyl (C=O) groups is 2. The molecule has 0 radical (unpaired) electrons. The Labute approximate surface area is 203 Å². The molecule has 2 heterocycles. The van der Waals surface area contributed by atoms with Gasteiger partial charge < -0.3 is 15.7 Å². The Morgan fingerprint density at radius 2 is 1.83 bits per heavy atom. The van der Waals surface area contributed by atoms with Crippen molar-refractivity contribution in [1.29, 1.82) is 0 Å². The molecule has 0 atom stereocenters. The lowest BCUT2D eigenvalue weighted by Gasteiger charge is -2.30. The van der Waals surface area contributed by atoms with Crippen molar-refractivity contribution in [3.8, 4) is 0 Å². The maximum atomic E-state index is 13.8. The first kappa shape index (κ1) is 22.8. The van der Waals surface area contributed by atoms with Crippen molar-refractivity contribution >= 4 is 34.5 Å². The molecule has 7 heteroatoms. The number of aryl methyl sites for hydroxylation is 1. The van der Waals surface area contributed by atoms with E-state index in [1.165, 1.54) is 24.1 Å². The van der Waals surface area contributed by atoms with Crippen LogP contribution in [0.2, 0.25) is 0 Å². The van der Waals surface area contributed by atoms with Crippen molar-refractivity contribution in [3.63, 3.8) is 0 Å². The average Bonchev–Trinajstić information content (AvgIpc) is 3.14. The van der Waals surface area contributed by atoms with Crippen LogP contribution in [0.3, 0.4) is 0 Å². The number of fused-ring (bicyclic) bond motifs is 1. The number of hydrogen-bond donors (Lipinski definition) is 3. The number of carboxylic acids is 1. The average molecular weight is 472 g/mol. The van der Waals surface area contributed by atoms with E-state index in [9.17, 15) is 14.0 Å². The van der Waals surface area contributed by atoms with Gasteiger partial charge in [-0.15, -0.1) is 0 Å². The molecule has 0 unspecified atom stereocenters. The van der Waals surface area contributed by atoms with Gasteiger partial charge in [0, 0.05) is 24.2 Å². The Kier molecular flexibility index (Phi) is 6.33. The van der Waals surface area contributed by atoms with Crippen molar-refractivity contribution in [2.24, 2.45) is 0 Å². The monoisotopic (exact) mass is 471 g/mol. The van der Waals surface area contributed by atoms with Crippen LogP contribution in [-0.2, 0) is 22.6 Å². The minimum Gasteiger partial charge on any atom is -0.481 e. The molecule has 3 aromatic rings. The largest absolute Gasteiger partial charge is 0.481 e. The summed E-state index contributed by atoms with van der Waals surface area (Å²) < 4.78 is 13.8. The van der Waals surface area contributed by atoms with Gasteiger partial charge in [-0.1, -0.05) is 30.3 Å². The predicted molar refractivity (Wildman–Crippen MR) is 134 cm³/mol. The summed E-state index contributed by atoms with van der Waals surface area (Å²) in [4.78, 5) is 26.5. The highest BCUT2D eigenvalue weighted by atomic mass is 19.1. The summed E-state index contributed by atoms with van der Waals surface area (Å²) in [5.41, 5.74) is 5.69. The van der Waals surface area contributed by atoms with E-state index in [4.69, 9.17) is 5.11 Å². The van der Waals surface area contributed by atoms with Crippen LogP contribution in [0.15, 0.2) is 66.7 Å². The quantitative estimate of drug-likeness (QED) is 0.404. The van der Waals surface area contributed by atoms with Crippen LogP contribution in [0.1, 0.15) is 35.1 Å². The third kappa shape index (κ3) is 5.10. The zero-order valence-corrected chi connectivity index (χ0v) is 19.2. The Bertz CT molecular complexity index is 1310. The van der Waals surface area contributed by atoms with E-state index in [0.717, 1.165) is 36.4 Å². The fourth-order valence-electron chi connectivity index (χ4n) is 4.44. The first-order chi connectivity index (χ1) is 17.0. The summed E-state index contributed by atoms with van der Waals surface area (Å²) in [7, 11) is 0. The van der Waals surface area contributed by atoms with Crippen LogP contribution in [0.4, 0.5) is 15.8 Å². The number of likely N-dealkylation sites (tertiary alicyclic amines) is 1. The smallest absolute Gasteiger partial charge is 0.303 e. The Morgan fingerprint density at radius 3 is 2.54 bits per heavy atom. The fourth-order valence-corrected chi connectivity index (χ4v) is 4.44. The minimum atomic E-state index is -0.864. The van der Waals surface area contributed by atoms with E-state index in [1.54, 1.807) is 6.07 Å². The number of hydrogen-bond acceptors (Lipinski definition) is 4. The van der Waals surface area contributed by atoms with Crippen molar-refractivity contribution in [2.45, 2.75) is 25.8 Å². The Balaban J connectivity index is 1.53. The van der Waals surface area contributed by atoms with Crippen LogP contribution >= 0.6 is 0 Å². The molecule has 3 N–H and O–H groups in total. The van der Waals surface area contributed by atoms with Gasteiger partial charge in [-0.2, -0.15) is 0 Å². The van der Waals surface area contributed by atoms with Gasteiger partial charge in [-0.3, -0.25) is 14.5 Å². The zero-order chi connectivity index (χ0) is 24.4. The normalized spacial score (nSPS) is 16.3. The molecule has 3 aromatic carbocycles. The van der Waals surface area contributed by atoms with E-state index < -0.39 is 11.8 Å². The summed E-state index contributed by atoms with van der Waals surface area (Å²) in [5.74, 6) is -1.61. The molecular weight excluding hydrogens is 445 g/mol. The van der Waals surface area contributed by atoms with Gasteiger partial charge in [0.2, 0.25) is 0 Å². The van der Waals surface area contributed by atoms with Gasteiger partial charge in [0.05, 0.1) is 17.0 Å². The second-order valence-corrected chi connectivity index (χ2v) is 8.94. The van der Waals surface area contributed by atoms with Gasteiger partial charge in [-0.05, 0) is 79.0 Å². The third-order valence-corrected chi connectivity index (χ3v) is 6.40. The third-order valence-electron chi connectivity index (χ3n) is 6.40. The fraction of sp³-hybridized carbons (Fsp3) is 0.214. The first-order valence-corrected chi connectivity index (χ1v) is 11.7. The van der Waals surface area contributed by atoms with Crippen molar-refractivity contribution in [1.82, 2.24) is 4.90 Å². The van der Waals surface area contributed by atoms with Crippen molar-refractivity contribution in [3.05, 3.63) is 94.8 Å². The summed E-state index contributed by atoms with van der Waals surface area (Å²) >= 11 is 0. The van der Waals surface area contributed by atoms with Crippen LogP contribution in [0, 0.1) is 5.82 Å². The molecule has 6 nitrogen and oxygen atoms in total. The minimum absolute atomic E-state index is 0.0177. The van der Waals surface area contributed by atoms with E-state index in [0.29, 0.717) is 28.9 Å². The van der Waals surface area contributed by atoms with E-state index >= 15 is 0 Å². The van der Waals surface area contributed by atoms with Crippen LogP contribution in [0.25, 0.3) is 11.3 Å². The Hall–Kier alpha value is -3.97. The highest BCUT2D eigenvalue weighted by Gasteiger charge is 2.29. The van der Waals surface area contributed by atoms with E-state index in [1.807, 2.05) is 36.4 Å². The molecule has 1 fully saturated rings. The van der Waals surface area contributed by atoms with Gasteiger partial charge in [-0.25, -0.2) is 4.39 Å². The molecule has 0 spiro atoms. The maximum Gasteiger partial charge on any atom is 0.303 e. The highest BCUT2D eigenvalue weighted by Crippen LogP contribution is 2.38. The molecule has 0 bridgehead atoms. The van der Waals surface area contributed by atoms with Gasteiger partial charge in [0.15, 0.2) is 0 Å². The molecule has 35 heavy (non-hydrogen) atoms. The van der Waals surface area contributed by atoms with Gasteiger partial charge >= 0.3 is 5.97 Å². The SMILES string of the molecule is O=C(O)CCc1cccc(/C(Nc2ccc(CN3CCC3)cc2)=C2/C(=O)Nc3cc(F)ccc32)c1. The lowest BCUT2D eigenvalue weighted by molar-refractivity contribution is -0.137. The zero-order valence-electron chi connectivity index (χ0n) is 19.2. The molecule has 1 amide bonds. The summed E-state index contributed by atoms with van der Waals surface area (Å²) in [6, 6.07) is 19.9. The molecule has 0 aliphatic carbocycles. The maximum absolute atomic E-state index is 13.8. The molecule has 0 saturated carbocycles. The molecule has 178 valence electrons. The molecular formula is C28H26FN3O3. The summed E-state index contributed by atoms with van der Waals surface area (Å²) in [5, 5.41) is 15.3. The topological polar surface area (TPSA) is 81.7 Å². The number of anilines is 2. The number of rotatable bonds is 8. The summed E-state index contributed by atoms with van der Waals surface area (Å²) in [6.45, 7) is 3.17. The second kappa shape index (κ2) is 9.72. The van der Waals surface area contributed by atoms with Crippen molar-refractivity contribution in [2.75, 3.05) is 23.7 Å². The number of carboxylic acid groups (broad SMARTS) is 1. The number of aliphatic carboxylic acids is 1. The highest BCUT2D eigenvalue weighted by molar-refractivity contribution is 6.37. The van der Waals surface area contributed by atoms with Crippen LogP contribution in [0.5, 0.6) is 0 Å². The first-order valence-electron chi connectivity index (χ1n) is 11.7.